The molecular weight excluding hydrogens is 266 g/mol. The number of rotatable bonds is 4. The highest BCUT2D eigenvalue weighted by Gasteiger charge is 2.39. The van der Waals surface area contributed by atoms with Gasteiger partial charge in [-0.25, -0.2) is 0 Å². The summed E-state index contributed by atoms with van der Waals surface area (Å²) >= 11 is 0. The van der Waals surface area contributed by atoms with E-state index < -0.39 is 0 Å². The summed E-state index contributed by atoms with van der Waals surface area (Å²) in [6.45, 7) is 5.50. The van der Waals surface area contributed by atoms with E-state index in [2.05, 4.69) is 15.2 Å². The summed E-state index contributed by atoms with van der Waals surface area (Å²) in [5, 5.41) is 3.47. The normalized spacial score (nSPS) is 21.6. The first-order valence-electron chi connectivity index (χ1n) is 7.75. The summed E-state index contributed by atoms with van der Waals surface area (Å²) in [5.41, 5.74) is 1.50. The minimum atomic E-state index is 0.525. The zero-order valence-electron chi connectivity index (χ0n) is 13.0. The van der Waals surface area contributed by atoms with Crippen molar-refractivity contribution < 1.29 is 9.47 Å². The Bertz CT molecular complexity index is 486. The van der Waals surface area contributed by atoms with Gasteiger partial charge in [0.05, 0.1) is 14.2 Å². The molecule has 3 heterocycles. The van der Waals surface area contributed by atoms with E-state index in [0.29, 0.717) is 5.41 Å². The molecule has 1 N–H and O–H groups in total. The molecule has 2 aliphatic rings. The van der Waals surface area contributed by atoms with Gasteiger partial charge in [0.15, 0.2) is 11.5 Å². The Labute approximate surface area is 126 Å². The SMILES string of the molecule is COc1ccnc(CN2CCC3(CCNCC3)C2)c1OC. The van der Waals surface area contributed by atoms with Crippen LogP contribution in [0.15, 0.2) is 12.3 Å². The van der Waals surface area contributed by atoms with Gasteiger partial charge in [-0.3, -0.25) is 9.88 Å². The largest absolute Gasteiger partial charge is 0.493 e. The lowest BCUT2D eigenvalue weighted by Gasteiger charge is -2.33. The molecule has 0 saturated carbocycles. The Morgan fingerprint density at radius 2 is 2.05 bits per heavy atom. The third-order valence-corrected chi connectivity index (χ3v) is 4.92. The molecule has 5 heteroatoms. The van der Waals surface area contributed by atoms with E-state index in [0.717, 1.165) is 43.4 Å². The average molecular weight is 291 g/mol. The highest BCUT2D eigenvalue weighted by Crippen LogP contribution is 2.40. The van der Waals surface area contributed by atoms with Crippen molar-refractivity contribution in [2.75, 3.05) is 40.4 Å². The van der Waals surface area contributed by atoms with Gasteiger partial charge in [0.1, 0.15) is 5.69 Å². The molecule has 3 rings (SSSR count). The van der Waals surface area contributed by atoms with Gasteiger partial charge < -0.3 is 14.8 Å². The van der Waals surface area contributed by atoms with Crippen LogP contribution in [0.25, 0.3) is 0 Å². The predicted octanol–water partition coefficient (Wildman–Crippen LogP) is 1.67. The highest BCUT2D eigenvalue weighted by atomic mass is 16.5. The van der Waals surface area contributed by atoms with Crippen molar-refractivity contribution in [3.05, 3.63) is 18.0 Å². The molecule has 0 aliphatic carbocycles. The summed E-state index contributed by atoms with van der Waals surface area (Å²) in [6.07, 6.45) is 5.70. The third kappa shape index (κ3) is 2.99. The number of pyridine rings is 1. The number of likely N-dealkylation sites (tertiary alicyclic amines) is 1. The summed E-state index contributed by atoms with van der Waals surface area (Å²) in [7, 11) is 3.35. The molecule has 5 nitrogen and oxygen atoms in total. The molecule has 0 unspecified atom stereocenters. The van der Waals surface area contributed by atoms with E-state index in [1.165, 1.54) is 25.8 Å². The molecule has 2 fully saturated rings. The van der Waals surface area contributed by atoms with E-state index >= 15 is 0 Å². The Morgan fingerprint density at radius 3 is 2.76 bits per heavy atom. The molecule has 1 spiro atoms. The number of methoxy groups -OCH3 is 2. The van der Waals surface area contributed by atoms with Crippen LogP contribution in [0.1, 0.15) is 25.0 Å². The topological polar surface area (TPSA) is 46.6 Å². The van der Waals surface area contributed by atoms with E-state index in [-0.39, 0.29) is 0 Å². The van der Waals surface area contributed by atoms with Crippen molar-refractivity contribution in [1.29, 1.82) is 0 Å². The minimum absolute atomic E-state index is 0.525. The lowest BCUT2D eigenvalue weighted by molar-refractivity contribution is 0.192. The molecule has 0 atom stereocenters. The van der Waals surface area contributed by atoms with Gasteiger partial charge in [-0.05, 0) is 44.3 Å². The van der Waals surface area contributed by atoms with Crippen LogP contribution >= 0.6 is 0 Å². The quantitative estimate of drug-likeness (QED) is 0.914. The van der Waals surface area contributed by atoms with Crippen LogP contribution in [-0.4, -0.2) is 50.3 Å². The monoisotopic (exact) mass is 291 g/mol. The number of ether oxygens (including phenoxy) is 2. The van der Waals surface area contributed by atoms with Crippen LogP contribution in [0.2, 0.25) is 0 Å². The first kappa shape index (κ1) is 14.6. The van der Waals surface area contributed by atoms with Crippen LogP contribution in [0.5, 0.6) is 11.5 Å². The molecule has 2 aliphatic heterocycles. The fourth-order valence-corrected chi connectivity index (χ4v) is 3.70. The number of hydrogen-bond acceptors (Lipinski definition) is 5. The summed E-state index contributed by atoms with van der Waals surface area (Å²) < 4.78 is 10.8. The predicted molar refractivity (Wildman–Crippen MR) is 81.8 cm³/mol. The van der Waals surface area contributed by atoms with Gasteiger partial charge in [-0.15, -0.1) is 0 Å². The average Bonchev–Trinajstić information content (AvgIpc) is 2.90. The summed E-state index contributed by atoms with van der Waals surface area (Å²) in [6, 6.07) is 1.85. The molecular formula is C16H25N3O2. The highest BCUT2D eigenvalue weighted by molar-refractivity contribution is 5.42. The van der Waals surface area contributed by atoms with Crippen molar-refractivity contribution >= 4 is 0 Å². The van der Waals surface area contributed by atoms with Crippen LogP contribution in [0, 0.1) is 5.41 Å². The van der Waals surface area contributed by atoms with E-state index in [1.807, 2.05) is 6.07 Å². The molecule has 1 aromatic rings. The summed E-state index contributed by atoms with van der Waals surface area (Å²) in [4.78, 5) is 7.01. The Morgan fingerprint density at radius 1 is 1.24 bits per heavy atom. The van der Waals surface area contributed by atoms with Crippen molar-refractivity contribution in [2.24, 2.45) is 5.41 Å². The fraction of sp³-hybridized carbons (Fsp3) is 0.688. The maximum absolute atomic E-state index is 5.49. The van der Waals surface area contributed by atoms with Crippen molar-refractivity contribution in [3.8, 4) is 11.5 Å². The van der Waals surface area contributed by atoms with E-state index in [1.54, 1.807) is 20.4 Å². The molecule has 0 amide bonds. The van der Waals surface area contributed by atoms with Crippen LogP contribution in [0.4, 0.5) is 0 Å². The number of aromatic nitrogens is 1. The van der Waals surface area contributed by atoms with Gasteiger partial charge in [-0.2, -0.15) is 0 Å². The second-order valence-electron chi connectivity index (χ2n) is 6.20. The molecule has 116 valence electrons. The van der Waals surface area contributed by atoms with Gasteiger partial charge in [0.25, 0.3) is 0 Å². The molecule has 2 saturated heterocycles. The number of nitrogens with one attached hydrogen (secondary N) is 1. The van der Waals surface area contributed by atoms with Gasteiger partial charge >= 0.3 is 0 Å². The van der Waals surface area contributed by atoms with Gasteiger partial charge in [0.2, 0.25) is 0 Å². The third-order valence-electron chi connectivity index (χ3n) is 4.92. The van der Waals surface area contributed by atoms with Crippen molar-refractivity contribution in [2.45, 2.75) is 25.8 Å². The number of piperidine rings is 1. The molecule has 1 aromatic heterocycles. The number of nitrogens with zero attached hydrogens (tertiary/aromatic N) is 2. The molecule has 0 bridgehead atoms. The maximum atomic E-state index is 5.49. The summed E-state index contributed by atoms with van der Waals surface area (Å²) in [5.74, 6) is 1.53. The van der Waals surface area contributed by atoms with Gasteiger partial charge in [-0.1, -0.05) is 0 Å². The standard InChI is InChI=1S/C16H25N3O2/c1-20-14-3-7-18-13(15(14)21-2)11-19-10-6-16(12-19)4-8-17-9-5-16/h3,7,17H,4-6,8-12H2,1-2H3. The molecule has 21 heavy (non-hydrogen) atoms. The van der Waals surface area contributed by atoms with Gasteiger partial charge in [0, 0.05) is 25.4 Å². The maximum Gasteiger partial charge on any atom is 0.183 e. The zero-order chi connectivity index (χ0) is 14.7. The van der Waals surface area contributed by atoms with E-state index in [4.69, 9.17) is 9.47 Å². The second-order valence-corrected chi connectivity index (χ2v) is 6.20. The lowest BCUT2D eigenvalue weighted by Crippen LogP contribution is -2.38. The first-order chi connectivity index (χ1) is 10.3. The van der Waals surface area contributed by atoms with Crippen molar-refractivity contribution in [1.82, 2.24) is 15.2 Å². The van der Waals surface area contributed by atoms with Crippen LogP contribution < -0.4 is 14.8 Å². The number of hydrogen-bond donors (Lipinski definition) is 1. The fourth-order valence-electron chi connectivity index (χ4n) is 3.70. The Hall–Kier alpha value is -1.33. The van der Waals surface area contributed by atoms with E-state index in [9.17, 15) is 0 Å². The lowest BCUT2D eigenvalue weighted by atomic mass is 9.78. The Kier molecular flexibility index (Phi) is 4.31. The molecule has 0 radical (unpaired) electrons. The van der Waals surface area contributed by atoms with Crippen LogP contribution in [0.3, 0.4) is 0 Å². The molecule has 0 aromatic carbocycles. The zero-order valence-corrected chi connectivity index (χ0v) is 13.0. The second kappa shape index (κ2) is 6.20. The minimum Gasteiger partial charge on any atom is -0.493 e. The van der Waals surface area contributed by atoms with Crippen molar-refractivity contribution in [3.63, 3.8) is 0 Å². The van der Waals surface area contributed by atoms with Crippen LogP contribution in [-0.2, 0) is 6.54 Å². The first-order valence-corrected chi connectivity index (χ1v) is 7.75. The Balaban J connectivity index is 1.70. The smallest absolute Gasteiger partial charge is 0.183 e.